The number of aromatic hydroxyl groups is 1. The van der Waals surface area contributed by atoms with Crippen LogP contribution >= 0.6 is 0 Å². The zero-order chi connectivity index (χ0) is 41.1. The van der Waals surface area contributed by atoms with Gasteiger partial charge >= 0.3 is 6.01 Å². The second-order valence-corrected chi connectivity index (χ2v) is 16.3. The van der Waals surface area contributed by atoms with Crippen molar-refractivity contribution in [2.75, 3.05) is 44.3 Å². The highest BCUT2D eigenvalue weighted by atomic mass is 19.1. The number of aryl methyl sites for hydroxylation is 1. The molecule has 13 heteroatoms. The van der Waals surface area contributed by atoms with Crippen molar-refractivity contribution in [1.82, 2.24) is 19.9 Å². The maximum absolute atomic E-state index is 17.3. The quantitative estimate of drug-likeness (QED) is 0.153. The Morgan fingerprint density at radius 1 is 1.07 bits per heavy atom. The molecule has 2 saturated heterocycles. The third kappa shape index (κ3) is 8.22. The standard InChI is InChI=1S/C43H53F2N7O4.C2H6/c1-4-32-35(44)10-9-27-18-31(54)20-33(37(27)32)39-38(45)40-34(21-48-39)41(51-14-7-13-47-29(22-51)19-28(46)23-53)50-42(49-40)55-24-43-11-5-8-36(43)52(15-6-12-43)30-16-25(2)56-26(3)17-30;1-2/h9-10,18-21,25-26,30,36,53-54H,4-8,11-17,22-24,46H2,1-3H3;1-2H3/b28-19-;. The van der Waals surface area contributed by atoms with Crippen molar-refractivity contribution in [2.45, 2.75) is 117 Å². The van der Waals surface area contributed by atoms with Gasteiger partial charge in [-0.05, 0) is 112 Å². The van der Waals surface area contributed by atoms with Crippen molar-refractivity contribution >= 4 is 33.2 Å². The van der Waals surface area contributed by atoms with E-state index in [4.69, 9.17) is 25.2 Å². The zero-order valence-corrected chi connectivity index (χ0v) is 34.6. The lowest BCUT2D eigenvalue weighted by atomic mass is 9.74. The van der Waals surface area contributed by atoms with Gasteiger partial charge in [0.2, 0.25) is 0 Å². The van der Waals surface area contributed by atoms with E-state index in [2.05, 4.69) is 28.7 Å². The van der Waals surface area contributed by atoms with E-state index in [0.717, 1.165) is 51.5 Å². The van der Waals surface area contributed by atoms with Crippen LogP contribution in [-0.4, -0.2) is 99.5 Å². The van der Waals surface area contributed by atoms with E-state index in [0.29, 0.717) is 84.4 Å². The second kappa shape index (κ2) is 17.8. The molecule has 2 aromatic carbocycles. The average molecular weight is 800 g/mol. The number of hydrogen-bond donors (Lipinski definition) is 3. The van der Waals surface area contributed by atoms with Gasteiger partial charge < -0.3 is 30.3 Å². The number of likely N-dealkylation sites (tertiary alicyclic amines) is 1. The van der Waals surface area contributed by atoms with E-state index >= 15 is 8.78 Å². The summed E-state index contributed by atoms with van der Waals surface area (Å²) in [5, 5.41) is 21.8. The predicted molar refractivity (Wildman–Crippen MR) is 226 cm³/mol. The number of benzene rings is 2. The van der Waals surface area contributed by atoms with Crippen LogP contribution in [0.15, 0.2) is 47.2 Å². The summed E-state index contributed by atoms with van der Waals surface area (Å²) in [5.74, 6) is -0.760. The Bertz CT molecular complexity index is 2170. The number of anilines is 1. The third-order valence-electron chi connectivity index (χ3n) is 12.5. The number of aliphatic hydroxyl groups excluding tert-OH is 1. The van der Waals surface area contributed by atoms with Crippen molar-refractivity contribution in [3.8, 4) is 23.0 Å². The minimum atomic E-state index is -0.717. The summed E-state index contributed by atoms with van der Waals surface area (Å²) in [7, 11) is 0. The van der Waals surface area contributed by atoms with Crippen LogP contribution in [0.25, 0.3) is 32.9 Å². The fourth-order valence-electron chi connectivity index (χ4n) is 10.1. The van der Waals surface area contributed by atoms with Gasteiger partial charge in [0.25, 0.3) is 0 Å². The highest BCUT2D eigenvalue weighted by molar-refractivity contribution is 6.03. The van der Waals surface area contributed by atoms with Crippen molar-refractivity contribution in [3.05, 3.63) is 59.4 Å². The molecule has 3 fully saturated rings. The molecule has 8 rings (SSSR count). The minimum Gasteiger partial charge on any atom is -0.508 e. The number of pyridine rings is 1. The van der Waals surface area contributed by atoms with E-state index in [9.17, 15) is 10.2 Å². The average Bonchev–Trinajstić information content (AvgIpc) is 3.52. The number of phenolic OH excluding ortho intramolecular Hbond substituents is 1. The molecule has 4 N–H and O–H groups in total. The molecule has 2 aromatic heterocycles. The Morgan fingerprint density at radius 3 is 2.60 bits per heavy atom. The van der Waals surface area contributed by atoms with Gasteiger partial charge in [-0.25, -0.2) is 8.78 Å². The molecule has 58 heavy (non-hydrogen) atoms. The molecule has 0 bridgehead atoms. The number of aliphatic imine (C=N–C) groups is 1. The molecule has 4 aromatic rings. The van der Waals surface area contributed by atoms with Crippen LogP contribution < -0.4 is 15.4 Å². The molecule has 4 unspecified atom stereocenters. The fourth-order valence-corrected chi connectivity index (χ4v) is 10.1. The van der Waals surface area contributed by atoms with E-state index in [1.165, 1.54) is 12.1 Å². The maximum atomic E-state index is 17.3. The lowest BCUT2D eigenvalue weighted by molar-refractivity contribution is -0.0967. The first-order chi connectivity index (χ1) is 28.1. The first kappa shape index (κ1) is 41.7. The number of fused-ring (bicyclic) bond motifs is 3. The molecule has 4 aliphatic rings. The number of nitrogens with two attached hydrogens (primary N) is 1. The van der Waals surface area contributed by atoms with Gasteiger partial charge in [-0.2, -0.15) is 9.97 Å². The number of piperidine rings is 1. The van der Waals surface area contributed by atoms with Crippen LogP contribution in [0.1, 0.15) is 91.5 Å². The van der Waals surface area contributed by atoms with Gasteiger partial charge in [0.1, 0.15) is 28.6 Å². The van der Waals surface area contributed by atoms with Gasteiger partial charge in [-0.3, -0.25) is 14.9 Å². The highest BCUT2D eigenvalue weighted by Crippen LogP contribution is 2.50. The van der Waals surface area contributed by atoms with E-state index in [1.807, 2.05) is 25.7 Å². The Hall–Kier alpha value is -4.46. The van der Waals surface area contributed by atoms with Crippen LogP contribution in [0.3, 0.4) is 0 Å². The Labute approximate surface area is 340 Å². The van der Waals surface area contributed by atoms with Gasteiger partial charge in [0.05, 0.1) is 43.1 Å². The van der Waals surface area contributed by atoms with Crippen molar-refractivity contribution in [2.24, 2.45) is 16.1 Å². The number of halogens is 2. The third-order valence-corrected chi connectivity index (χ3v) is 12.5. The molecule has 312 valence electrons. The summed E-state index contributed by atoms with van der Waals surface area (Å²) < 4.78 is 45.3. The van der Waals surface area contributed by atoms with E-state index < -0.39 is 11.6 Å². The second-order valence-electron chi connectivity index (χ2n) is 16.3. The number of rotatable bonds is 9. The van der Waals surface area contributed by atoms with Crippen molar-refractivity contribution in [1.29, 1.82) is 0 Å². The first-order valence-corrected chi connectivity index (χ1v) is 21.3. The van der Waals surface area contributed by atoms with Gasteiger partial charge in [0, 0.05) is 48.0 Å². The summed E-state index contributed by atoms with van der Waals surface area (Å²) in [6.07, 6.45) is 12.1. The monoisotopic (exact) mass is 799 g/mol. The van der Waals surface area contributed by atoms with Crippen molar-refractivity contribution < 1.29 is 28.5 Å². The predicted octanol–water partition coefficient (Wildman–Crippen LogP) is 7.87. The van der Waals surface area contributed by atoms with Crippen LogP contribution in [0.5, 0.6) is 11.8 Å². The number of ether oxygens (including phenoxy) is 2. The molecular formula is C45H59F2N7O4. The topological polar surface area (TPSA) is 142 Å². The number of phenols is 1. The van der Waals surface area contributed by atoms with Crippen LogP contribution in [0.4, 0.5) is 14.6 Å². The number of aromatic nitrogens is 3. The molecule has 0 spiro atoms. The Morgan fingerprint density at radius 2 is 1.84 bits per heavy atom. The largest absolute Gasteiger partial charge is 0.508 e. The van der Waals surface area contributed by atoms with Gasteiger partial charge in [0.15, 0.2) is 5.82 Å². The molecule has 1 saturated carbocycles. The molecule has 1 aliphatic carbocycles. The molecular weight excluding hydrogens is 741 g/mol. The minimum absolute atomic E-state index is 0.0185. The summed E-state index contributed by atoms with van der Waals surface area (Å²) in [6.45, 7) is 12.8. The maximum Gasteiger partial charge on any atom is 0.319 e. The fraction of sp³-hybridized carbons (Fsp3) is 0.556. The van der Waals surface area contributed by atoms with Crippen molar-refractivity contribution in [3.63, 3.8) is 0 Å². The van der Waals surface area contributed by atoms with Crippen LogP contribution in [-0.2, 0) is 11.2 Å². The Balaban J connectivity index is 0.00000252. The van der Waals surface area contributed by atoms with Crippen LogP contribution in [0.2, 0.25) is 0 Å². The van der Waals surface area contributed by atoms with Gasteiger partial charge in [-0.15, -0.1) is 0 Å². The first-order valence-electron chi connectivity index (χ1n) is 21.3. The summed E-state index contributed by atoms with van der Waals surface area (Å²) in [6, 6.07) is 6.83. The molecule has 11 nitrogen and oxygen atoms in total. The molecule has 0 radical (unpaired) electrons. The smallest absolute Gasteiger partial charge is 0.319 e. The zero-order valence-electron chi connectivity index (χ0n) is 34.6. The molecule has 3 aliphatic heterocycles. The SMILES string of the molecule is CC.CCc1c(F)ccc2cc(O)cc(-c3ncc4c(N5CCCN=C(/C=C(\N)CO)C5)nc(OCC56CCCC5N(C5CC(C)OC(C)C5)CCC6)nc4c3F)c12. The molecule has 4 atom stereocenters. The molecule has 0 amide bonds. The number of aliphatic hydroxyl groups is 1. The highest BCUT2D eigenvalue weighted by Gasteiger charge is 2.50. The number of hydrogen-bond acceptors (Lipinski definition) is 11. The Kier molecular flexibility index (Phi) is 12.8. The normalized spacial score (nSPS) is 25.6. The summed E-state index contributed by atoms with van der Waals surface area (Å²) in [4.78, 5) is 23.8. The van der Waals surface area contributed by atoms with Crippen LogP contribution in [0, 0.1) is 17.0 Å². The lowest BCUT2D eigenvalue weighted by Gasteiger charge is -2.51. The summed E-state index contributed by atoms with van der Waals surface area (Å²) >= 11 is 0. The lowest BCUT2D eigenvalue weighted by Crippen LogP contribution is -2.57. The van der Waals surface area contributed by atoms with E-state index in [-0.39, 0.29) is 58.5 Å². The van der Waals surface area contributed by atoms with Gasteiger partial charge in [-0.1, -0.05) is 33.3 Å². The van der Waals surface area contributed by atoms with E-state index in [1.54, 1.807) is 24.4 Å². The number of nitrogens with zero attached hydrogens (tertiary/aromatic N) is 6. The molecule has 5 heterocycles. The summed E-state index contributed by atoms with van der Waals surface area (Å²) in [5.41, 5.74) is 7.53.